The summed E-state index contributed by atoms with van der Waals surface area (Å²) in [4.78, 5) is 28.8. The van der Waals surface area contributed by atoms with Gasteiger partial charge in [-0.05, 0) is 43.2 Å². The number of aromatic nitrogens is 2. The van der Waals surface area contributed by atoms with Crippen LogP contribution < -0.4 is 0 Å². The van der Waals surface area contributed by atoms with Gasteiger partial charge in [-0.2, -0.15) is 5.10 Å². The van der Waals surface area contributed by atoms with Crippen molar-refractivity contribution in [2.24, 2.45) is 5.92 Å². The zero-order chi connectivity index (χ0) is 19.7. The SMILES string of the molecule is CN(CC1CC(=O)N(C2CCCC2)C1)C(=O)c1cc(-c2ccc(F)cc2)n[nH]1. The lowest BCUT2D eigenvalue weighted by Crippen LogP contribution is -2.36. The van der Waals surface area contributed by atoms with E-state index in [9.17, 15) is 14.0 Å². The largest absolute Gasteiger partial charge is 0.340 e. The smallest absolute Gasteiger partial charge is 0.271 e. The van der Waals surface area contributed by atoms with Crippen molar-refractivity contribution in [3.8, 4) is 11.3 Å². The maximum absolute atomic E-state index is 13.1. The summed E-state index contributed by atoms with van der Waals surface area (Å²) in [5, 5.41) is 6.94. The van der Waals surface area contributed by atoms with E-state index in [1.807, 2.05) is 4.90 Å². The monoisotopic (exact) mass is 384 g/mol. The zero-order valence-corrected chi connectivity index (χ0v) is 16.0. The third-order valence-corrected chi connectivity index (χ3v) is 5.83. The lowest BCUT2D eigenvalue weighted by Gasteiger charge is -2.25. The van der Waals surface area contributed by atoms with Gasteiger partial charge in [-0.25, -0.2) is 4.39 Å². The van der Waals surface area contributed by atoms with Crippen LogP contribution in [-0.4, -0.2) is 58.0 Å². The summed E-state index contributed by atoms with van der Waals surface area (Å²) >= 11 is 0. The highest BCUT2D eigenvalue weighted by Crippen LogP contribution is 2.30. The van der Waals surface area contributed by atoms with E-state index in [0.717, 1.165) is 24.9 Å². The summed E-state index contributed by atoms with van der Waals surface area (Å²) in [6.45, 7) is 1.28. The van der Waals surface area contributed by atoms with Gasteiger partial charge in [0, 0.05) is 44.1 Å². The van der Waals surface area contributed by atoms with E-state index in [4.69, 9.17) is 0 Å². The van der Waals surface area contributed by atoms with Gasteiger partial charge in [-0.3, -0.25) is 14.7 Å². The summed E-state index contributed by atoms with van der Waals surface area (Å²) in [7, 11) is 1.75. The van der Waals surface area contributed by atoms with E-state index in [1.165, 1.54) is 25.0 Å². The standard InChI is InChI=1S/C21H25FN4O2/c1-25(12-14-10-20(27)26(13-14)17-4-2-3-5-17)21(28)19-11-18(23-24-19)15-6-8-16(22)9-7-15/h6-9,11,14,17H,2-5,10,12-13H2,1H3,(H,23,24). The third-order valence-electron chi connectivity index (χ3n) is 5.83. The number of hydrogen-bond acceptors (Lipinski definition) is 3. The van der Waals surface area contributed by atoms with Gasteiger partial charge in [0.05, 0.1) is 5.69 Å². The number of aromatic amines is 1. The molecule has 4 rings (SSSR count). The molecule has 2 aromatic rings. The van der Waals surface area contributed by atoms with Crippen LogP contribution in [0.15, 0.2) is 30.3 Å². The molecule has 2 aliphatic rings. The molecule has 1 saturated carbocycles. The second-order valence-corrected chi connectivity index (χ2v) is 7.91. The van der Waals surface area contributed by atoms with Crippen LogP contribution in [0.2, 0.25) is 0 Å². The van der Waals surface area contributed by atoms with Crippen molar-refractivity contribution < 1.29 is 14.0 Å². The number of halogens is 1. The van der Waals surface area contributed by atoms with Crippen LogP contribution in [0.3, 0.4) is 0 Å². The second-order valence-electron chi connectivity index (χ2n) is 7.91. The number of likely N-dealkylation sites (tertiary alicyclic amines) is 1. The first-order valence-electron chi connectivity index (χ1n) is 9.87. The molecule has 1 unspecified atom stereocenters. The Hall–Kier alpha value is -2.70. The zero-order valence-electron chi connectivity index (χ0n) is 16.0. The minimum Gasteiger partial charge on any atom is -0.340 e. The van der Waals surface area contributed by atoms with Crippen molar-refractivity contribution in [2.45, 2.75) is 38.1 Å². The second kappa shape index (κ2) is 7.73. The number of carbonyl (C=O) groups excluding carboxylic acids is 2. The molecular weight excluding hydrogens is 359 g/mol. The molecule has 6 nitrogen and oxygen atoms in total. The van der Waals surface area contributed by atoms with Gasteiger partial charge in [0.1, 0.15) is 11.5 Å². The molecule has 2 heterocycles. The minimum atomic E-state index is -0.312. The highest BCUT2D eigenvalue weighted by molar-refractivity contribution is 5.93. The van der Waals surface area contributed by atoms with Crippen LogP contribution in [0.4, 0.5) is 4.39 Å². The summed E-state index contributed by atoms with van der Waals surface area (Å²) < 4.78 is 13.1. The molecule has 1 aromatic carbocycles. The van der Waals surface area contributed by atoms with Gasteiger partial charge >= 0.3 is 0 Å². The normalized spacial score (nSPS) is 20.1. The third kappa shape index (κ3) is 3.79. The molecule has 7 heteroatoms. The molecule has 0 radical (unpaired) electrons. The highest BCUT2D eigenvalue weighted by Gasteiger charge is 2.36. The lowest BCUT2D eigenvalue weighted by atomic mass is 10.1. The van der Waals surface area contributed by atoms with E-state index in [1.54, 1.807) is 30.1 Å². The van der Waals surface area contributed by atoms with Crippen molar-refractivity contribution in [1.82, 2.24) is 20.0 Å². The quantitative estimate of drug-likeness (QED) is 0.861. The van der Waals surface area contributed by atoms with Crippen LogP contribution in [0.25, 0.3) is 11.3 Å². The number of rotatable bonds is 5. The fourth-order valence-corrected chi connectivity index (χ4v) is 4.38. The molecule has 0 bridgehead atoms. The van der Waals surface area contributed by atoms with E-state index in [0.29, 0.717) is 30.4 Å². The van der Waals surface area contributed by atoms with Crippen LogP contribution in [0.1, 0.15) is 42.6 Å². The summed E-state index contributed by atoms with van der Waals surface area (Å²) in [6, 6.07) is 8.06. The Labute approximate surface area is 163 Å². The molecule has 1 saturated heterocycles. The molecule has 1 aromatic heterocycles. The van der Waals surface area contributed by atoms with Gasteiger partial charge in [0.15, 0.2) is 0 Å². The van der Waals surface area contributed by atoms with E-state index in [2.05, 4.69) is 10.2 Å². The predicted molar refractivity (Wildman–Crippen MR) is 103 cm³/mol. The number of nitrogens with zero attached hydrogens (tertiary/aromatic N) is 3. The molecule has 1 N–H and O–H groups in total. The first-order chi connectivity index (χ1) is 13.5. The van der Waals surface area contributed by atoms with Crippen LogP contribution in [-0.2, 0) is 4.79 Å². The fourth-order valence-electron chi connectivity index (χ4n) is 4.38. The average molecular weight is 384 g/mol. The molecular formula is C21H25FN4O2. The molecule has 2 fully saturated rings. The summed E-state index contributed by atoms with van der Waals surface area (Å²) in [5.41, 5.74) is 1.73. The maximum Gasteiger partial charge on any atom is 0.271 e. The minimum absolute atomic E-state index is 0.160. The van der Waals surface area contributed by atoms with Crippen LogP contribution in [0, 0.1) is 11.7 Å². The Morgan fingerprint density at radius 3 is 2.71 bits per heavy atom. The number of benzene rings is 1. The average Bonchev–Trinajstić information content (AvgIpc) is 3.42. The van der Waals surface area contributed by atoms with Gasteiger partial charge in [0.2, 0.25) is 5.91 Å². The van der Waals surface area contributed by atoms with E-state index in [-0.39, 0.29) is 23.5 Å². The van der Waals surface area contributed by atoms with E-state index < -0.39 is 0 Å². The molecule has 28 heavy (non-hydrogen) atoms. The Morgan fingerprint density at radius 1 is 1.29 bits per heavy atom. The van der Waals surface area contributed by atoms with Crippen molar-refractivity contribution in [3.05, 3.63) is 41.8 Å². The Morgan fingerprint density at radius 2 is 2.00 bits per heavy atom. The van der Waals surface area contributed by atoms with Gasteiger partial charge in [0.25, 0.3) is 5.91 Å². The first-order valence-corrected chi connectivity index (χ1v) is 9.87. The Kier molecular flexibility index (Phi) is 5.15. The number of H-pyrrole nitrogens is 1. The lowest BCUT2D eigenvalue weighted by molar-refractivity contribution is -0.129. The molecule has 0 spiro atoms. The Balaban J connectivity index is 1.37. The summed E-state index contributed by atoms with van der Waals surface area (Å²) in [5.74, 6) is -0.0832. The first kappa shape index (κ1) is 18.7. The van der Waals surface area contributed by atoms with Crippen molar-refractivity contribution in [2.75, 3.05) is 20.1 Å². The van der Waals surface area contributed by atoms with Crippen molar-refractivity contribution in [1.29, 1.82) is 0 Å². The fraction of sp³-hybridized carbons (Fsp3) is 0.476. The predicted octanol–water partition coefficient (Wildman–Crippen LogP) is 3.08. The molecule has 2 amide bonds. The molecule has 148 valence electrons. The van der Waals surface area contributed by atoms with Gasteiger partial charge < -0.3 is 9.80 Å². The van der Waals surface area contributed by atoms with Gasteiger partial charge in [-0.1, -0.05) is 12.8 Å². The van der Waals surface area contributed by atoms with E-state index >= 15 is 0 Å². The molecule has 1 aliphatic carbocycles. The summed E-state index contributed by atoms with van der Waals surface area (Å²) in [6.07, 6.45) is 5.13. The highest BCUT2D eigenvalue weighted by atomic mass is 19.1. The Bertz CT molecular complexity index is 858. The van der Waals surface area contributed by atoms with Crippen molar-refractivity contribution in [3.63, 3.8) is 0 Å². The molecule has 1 aliphatic heterocycles. The number of amides is 2. The number of nitrogens with one attached hydrogen (secondary N) is 1. The number of hydrogen-bond donors (Lipinski definition) is 1. The van der Waals surface area contributed by atoms with Crippen molar-refractivity contribution >= 4 is 11.8 Å². The van der Waals surface area contributed by atoms with Crippen LogP contribution in [0.5, 0.6) is 0 Å². The number of carbonyl (C=O) groups is 2. The van der Waals surface area contributed by atoms with Gasteiger partial charge in [-0.15, -0.1) is 0 Å². The van der Waals surface area contributed by atoms with Crippen LogP contribution >= 0.6 is 0 Å². The topological polar surface area (TPSA) is 69.3 Å². The maximum atomic E-state index is 13.1. The molecule has 1 atom stereocenters.